The van der Waals surface area contributed by atoms with Gasteiger partial charge in [-0.25, -0.2) is 6.08 Å². The van der Waals surface area contributed by atoms with Gasteiger partial charge < -0.3 is 4.74 Å². The van der Waals surface area contributed by atoms with Gasteiger partial charge in [0.25, 0.3) is 0 Å². The molecule has 0 bridgehead atoms. The standard InChI is InChI=1S/C19H15N3O.K/c1-5-8-14(2)9-6-7-10-17-16(13-22)18(15(11-20)12-21)23-19(17,3)4;/h5,7,9-10H,1H2,2-4H3;/q-2;+1/b10-7+;/i1D;/b5-1?,10-7+;. The van der Waals surface area contributed by atoms with Gasteiger partial charge in [0.1, 0.15) is 23.8 Å². The molecule has 0 N–H and O–H groups in total. The van der Waals surface area contributed by atoms with Gasteiger partial charge >= 0.3 is 51.4 Å². The molecular weight excluding hydrogens is 325 g/mol. The minimum absolute atomic E-state index is 0. The van der Waals surface area contributed by atoms with Crippen molar-refractivity contribution in [3.63, 3.8) is 0 Å². The molecule has 1 aliphatic rings. The summed E-state index contributed by atoms with van der Waals surface area (Å²) in [7, 11) is 0. The average molecular weight is 341 g/mol. The summed E-state index contributed by atoms with van der Waals surface area (Å²) in [5.74, 6) is 0.0149. The van der Waals surface area contributed by atoms with E-state index in [9.17, 15) is 5.26 Å². The molecule has 0 aromatic carbocycles. The predicted molar refractivity (Wildman–Crippen MR) is 85.6 cm³/mol. The van der Waals surface area contributed by atoms with Gasteiger partial charge in [-0.05, 0) is 20.8 Å². The summed E-state index contributed by atoms with van der Waals surface area (Å²) in [6, 6.07) is 5.50. The molecule has 0 saturated carbocycles. The fourth-order valence-electron chi connectivity index (χ4n) is 1.96. The van der Waals surface area contributed by atoms with Gasteiger partial charge in [0.15, 0.2) is 11.3 Å². The van der Waals surface area contributed by atoms with Crippen LogP contribution in [0.4, 0.5) is 0 Å². The molecule has 0 amide bonds. The minimum Gasteiger partial charge on any atom is -0.481 e. The maximum atomic E-state index is 9.38. The van der Waals surface area contributed by atoms with Crippen LogP contribution in [-0.2, 0) is 4.74 Å². The first-order valence-electron chi connectivity index (χ1n) is 7.27. The SMILES string of the molecule is [2H]C=C[C-]=C(C)C=[C-]/C=C/C1=C(C#N)C(=C(C#N)C#N)OC1(C)C.[K+]. The van der Waals surface area contributed by atoms with E-state index in [0.717, 1.165) is 12.1 Å². The van der Waals surface area contributed by atoms with Crippen LogP contribution in [0.1, 0.15) is 22.1 Å². The van der Waals surface area contributed by atoms with E-state index in [1.165, 1.54) is 6.08 Å². The molecule has 0 unspecified atom stereocenters. The van der Waals surface area contributed by atoms with Gasteiger partial charge in [-0.3, -0.25) is 17.7 Å². The molecule has 0 saturated heterocycles. The summed E-state index contributed by atoms with van der Waals surface area (Å²) in [6.45, 7) is 6.46. The molecule has 114 valence electrons. The Hall–Kier alpha value is -1.65. The Morgan fingerprint density at radius 2 is 2.00 bits per heavy atom. The van der Waals surface area contributed by atoms with Crippen LogP contribution in [0.2, 0.25) is 0 Å². The summed E-state index contributed by atoms with van der Waals surface area (Å²) in [6.07, 6.45) is 12.2. The summed E-state index contributed by atoms with van der Waals surface area (Å²) in [5.41, 5.74) is 0.477. The van der Waals surface area contributed by atoms with Crippen molar-refractivity contribution in [1.82, 2.24) is 0 Å². The van der Waals surface area contributed by atoms with E-state index in [0.29, 0.717) is 5.57 Å². The summed E-state index contributed by atoms with van der Waals surface area (Å²) < 4.78 is 12.5. The van der Waals surface area contributed by atoms with Gasteiger partial charge in [0, 0.05) is 0 Å². The third kappa shape index (κ3) is 5.46. The van der Waals surface area contributed by atoms with Crippen LogP contribution in [0.25, 0.3) is 0 Å². The molecular formula is C19H15KN3O-. The van der Waals surface area contributed by atoms with Gasteiger partial charge in [0.2, 0.25) is 0 Å². The van der Waals surface area contributed by atoms with Crippen LogP contribution in [0.3, 0.4) is 0 Å². The van der Waals surface area contributed by atoms with Crippen LogP contribution in [-0.4, -0.2) is 5.60 Å². The van der Waals surface area contributed by atoms with E-state index in [1.54, 1.807) is 44.2 Å². The average Bonchev–Trinajstić information content (AvgIpc) is 2.81. The molecule has 1 aliphatic heterocycles. The number of hydrogen-bond acceptors (Lipinski definition) is 4. The predicted octanol–water partition coefficient (Wildman–Crippen LogP) is 0.772. The maximum Gasteiger partial charge on any atom is 1.00 e. The van der Waals surface area contributed by atoms with Crippen molar-refractivity contribution in [2.45, 2.75) is 26.4 Å². The Balaban J connectivity index is 0.00000576. The molecule has 5 heteroatoms. The number of allylic oxidation sites excluding steroid dienone is 8. The zero-order valence-corrected chi connectivity index (χ0v) is 17.3. The van der Waals surface area contributed by atoms with Crippen molar-refractivity contribution in [3.05, 3.63) is 71.1 Å². The zero-order valence-electron chi connectivity index (χ0n) is 15.1. The third-order valence-corrected chi connectivity index (χ3v) is 3.02. The quantitative estimate of drug-likeness (QED) is 0.327. The first kappa shape index (κ1) is 20.4. The van der Waals surface area contributed by atoms with E-state index in [4.69, 9.17) is 16.6 Å². The van der Waals surface area contributed by atoms with Gasteiger partial charge in [-0.1, -0.05) is 0 Å². The van der Waals surface area contributed by atoms with Crippen LogP contribution >= 0.6 is 0 Å². The molecule has 0 aliphatic carbocycles. The Kier molecular flexibility index (Phi) is 8.72. The second-order valence-corrected chi connectivity index (χ2v) is 5.08. The normalized spacial score (nSPS) is 17.2. The van der Waals surface area contributed by atoms with E-state index >= 15 is 0 Å². The van der Waals surface area contributed by atoms with Gasteiger partial charge in [0.05, 0.1) is 5.57 Å². The molecule has 0 aromatic heterocycles. The van der Waals surface area contributed by atoms with Crippen molar-refractivity contribution in [3.8, 4) is 18.2 Å². The molecule has 1 rings (SSSR count). The minimum atomic E-state index is -0.831. The van der Waals surface area contributed by atoms with E-state index in [2.05, 4.69) is 12.2 Å². The molecule has 0 atom stereocenters. The van der Waals surface area contributed by atoms with Crippen molar-refractivity contribution in [2.24, 2.45) is 0 Å². The summed E-state index contributed by atoms with van der Waals surface area (Å²) >= 11 is 0. The van der Waals surface area contributed by atoms with Crippen LogP contribution < -0.4 is 51.4 Å². The smallest absolute Gasteiger partial charge is 0.481 e. The second kappa shape index (κ2) is 10.3. The number of nitriles is 3. The van der Waals surface area contributed by atoms with Crippen molar-refractivity contribution < 1.29 is 57.5 Å². The zero-order chi connectivity index (χ0) is 18.2. The Morgan fingerprint density at radius 3 is 2.54 bits per heavy atom. The molecule has 0 spiro atoms. The molecule has 4 nitrogen and oxygen atoms in total. The second-order valence-electron chi connectivity index (χ2n) is 5.08. The van der Waals surface area contributed by atoms with Crippen LogP contribution in [0.5, 0.6) is 0 Å². The Labute approximate surface area is 187 Å². The van der Waals surface area contributed by atoms with Gasteiger partial charge in [-0.15, -0.1) is 6.92 Å². The number of ether oxygens (including phenoxy) is 1. The molecule has 1 heterocycles. The van der Waals surface area contributed by atoms with Crippen molar-refractivity contribution in [1.29, 1.82) is 15.8 Å². The molecule has 0 radical (unpaired) electrons. The van der Waals surface area contributed by atoms with Crippen molar-refractivity contribution >= 4 is 0 Å². The van der Waals surface area contributed by atoms with Gasteiger partial charge in [-0.2, -0.15) is 40.6 Å². The molecule has 0 aromatic rings. The third-order valence-electron chi connectivity index (χ3n) is 3.02. The van der Waals surface area contributed by atoms with E-state index in [-0.39, 0.29) is 68.3 Å². The summed E-state index contributed by atoms with van der Waals surface area (Å²) in [4.78, 5) is 0. The fraction of sp³-hybridized carbons (Fsp3) is 0.211. The summed E-state index contributed by atoms with van der Waals surface area (Å²) in [5, 5.41) is 27.4. The monoisotopic (exact) mass is 341 g/mol. The van der Waals surface area contributed by atoms with E-state index < -0.39 is 5.60 Å². The fourth-order valence-corrected chi connectivity index (χ4v) is 1.96. The number of hydrogen-bond donors (Lipinski definition) is 0. The topological polar surface area (TPSA) is 80.6 Å². The van der Waals surface area contributed by atoms with Crippen LogP contribution in [0, 0.1) is 46.1 Å². The number of rotatable bonds is 4. The first-order chi connectivity index (χ1) is 11.4. The maximum absolute atomic E-state index is 9.38. The Morgan fingerprint density at radius 1 is 1.33 bits per heavy atom. The van der Waals surface area contributed by atoms with E-state index in [1.807, 2.05) is 13.0 Å². The Bertz CT molecular complexity index is 806. The molecule has 0 fully saturated rings. The van der Waals surface area contributed by atoms with Crippen LogP contribution in [0.15, 0.2) is 58.9 Å². The number of nitrogens with zero attached hydrogens (tertiary/aromatic N) is 3. The molecule has 24 heavy (non-hydrogen) atoms. The van der Waals surface area contributed by atoms with Crippen molar-refractivity contribution in [2.75, 3.05) is 0 Å². The largest absolute Gasteiger partial charge is 1.00 e. The first-order valence-corrected chi connectivity index (χ1v) is 6.69.